The van der Waals surface area contributed by atoms with Gasteiger partial charge in [0, 0.05) is 14.2 Å². The molecule has 0 aromatic rings. The molecule has 124 valence electrons. The zero-order chi connectivity index (χ0) is 15.6. The lowest BCUT2D eigenvalue weighted by atomic mass is 9.93. The van der Waals surface area contributed by atoms with Gasteiger partial charge in [0.05, 0.1) is 0 Å². The van der Waals surface area contributed by atoms with Crippen LogP contribution in [0.5, 0.6) is 0 Å². The monoisotopic (exact) mass is 314 g/mol. The van der Waals surface area contributed by atoms with Crippen molar-refractivity contribution in [2.24, 2.45) is 23.7 Å². The van der Waals surface area contributed by atoms with Gasteiger partial charge in [0.25, 0.3) is 0 Å². The van der Waals surface area contributed by atoms with Gasteiger partial charge in [-0.05, 0) is 62.7 Å². The Kier molecular flexibility index (Phi) is 5.88. The van der Waals surface area contributed by atoms with E-state index >= 15 is 0 Å². The molecular formula is C16H34N2O2Si. The number of hydrogen-bond acceptors (Lipinski definition) is 4. The maximum absolute atomic E-state index is 6.13. The summed E-state index contributed by atoms with van der Waals surface area (Å²) >= 11 is 0. The summed E-state index contributed by atoms with van der Waals surface area (Å²) in [4.78, 5) is 0. The molecule has 0 saturated carbocycles. The van der Waals surface area contributed by atoms with Gasteiger partial charge in [-0.25, -0.2) is 0 Å². The molecule has 2 heterocycles. The lowest BCUT2D eigenvalue weighted by Crippen LogP contribution is -2.72. The van der Waals surface area contributed by atoms with E-state index in [0.29, 0.717) is 0 Å². The fourth-order valence-corrected chi connectivity index (χ4v) is 8.36. The summed E-state index contributed by atoms with van der Waals surface area (Å²) in [5, 5.41) is 0. The van der Waals surface area contributed by atoms with Gasteiger partial charge in [0.15, 0.2) is 0 Å². The summed E-state index contributed by atoms with van der Waals surface area (Å²) in [5.74, 6) is 2.91. The Balaban J connectivity index is 2.22. The Hall–Kier alpha value is 0.0569. The molecule has 2 saturated heterocycles. The van der Waals surface area contributed by atoms with E-state index in [1.54, 1.807) is 0 Å². The molecule has 2 fully saturated rings. The molecule has 2 aliphatic heterocycles. The Morgan fingerprint density at radius 2 is 0.952 bits per heavy atom. The van der Waals surface area contributed by atoms with Gasteiger partial charge in [0.1, 0.15) is 0 Å². The van der Waals surface area contributed by atoms with E-state index in [9.17, 15) is 0 Å². The molecule has 0 bridgehead atoms. The standard InChI is InChI=1S/C16H34N2O2Si/c1-13-7-14(2)10-17(9-13)21(19-5,20-6)18-11-15(3)8-16(4)12-18/h13-16H,7-12H2,1-6H3. The molecule has 2 aliphatic rings. The van der Waals surface area contributed by atoms with Crippen LogP contribution < -0.4 is 0 Å². The fraction of sp³-hybridized carbons (Fsp3) is 1.00. The van der Waals surface area contributed by atoms with Gasteiger partial charge in [-0.15, -0.1) is 0 Å². The molecule has 4 nitrogen and oxygen atoms in total. The third-order valence-electron chi connectivity index (χ3n) is 5.07. The Labute approximate surface area is 132 Å². The van der Waals surface area contributed by atoms with Gasteiger partial charge >= 0.3 is 8.88 Å². The summed E-state index contributed by atoms with van der Waals surface area (Å²) < 4.78 is 17.4. The van der Waals surface area contributed by atoms with Crippen LogP contribution in [0.3, 0.4) is 0 Å². The van der Waals surface area contributed by atoms with Crippen LogP contribution in [0, 0.1) is 23.7 Å². The molecule has 0 radical (unpaired) electrons. The second-order valence-electron chi connectivity index (χ2n) is 7.66. The van der Waals surface area contributed by atoms with Crippen molar-refractivity contribution >= 4 is 8.88 Å². The average Bonchev–Trinajstić information content (AvgIpc) is 2.38. The largest absolute Gasteiger partial charge is 0.522 e. The minimum atomic E-state index is -2.44. The number of hydrogen-bond donors (Lipinski definition) is 0. The highest BCUT2D eigenvalue weighted by molar-refractivity contribution is 6.61. The third-order valence-corrected chi connectivity index (χ3v) is 8.46. The van der Waals surface area contributed by atoms with Crippen molar-refractivity contribution in [3.05, 3.63) is 0 Å². The predicted molar refractivity (Wildman–Crippen MR) is 88.8 cm³/mol. The maximum atomic E-state index is 6.13. The lowest BCUT2D eigenvalue weighted by molar-refractivity contribution is 0.0411. The molecule has 0 aromatic heterocycles. The van der Waals surface area contributed by atoms with Crippen molar-refractivity contribution < 1.29 is 8.85 Å². The lowest BCUT2D eigenvalue weighted by Gasteiger charge is -2.50. The van der Waals surface area contributed by atoms with E-state index in [2.05, 4.69) is 36.8 Å². The molecular weight excluding hydrogens is 280 g/mol. The molecule has 0 amide bonds. The van der Waals surface area contributed by atoms with E-state index < -0.39 is 8.88 Å². The second-order valence-corrected chi connectivity index (χ2v) is 10.8. The van der Waals surface area contributed by atoms with Gasteiger partial charge < -0.3 is 8.85 Å². The van der Waals surface area contributed by atoms with Crippen LogP contribution in [0.25, 0.3) is 0 Å². The summed E-state index contributed by atoms with van der Waals surface area (Å²) in [6, 6.07) is 0. The Morgan fingerprint density at radius 3 is 1.19 bits per heavy atom. The molecule has 0 aromatic carbocycles. The zero-order valence-electron chi connectivity index (χ0n) is 14.8. The van der Waals surface area contributed by atoms with Gasteiger partial charge in [-0.1, -0.05) is 27.7 Å². The minimum absolute atomic E-state index is 0.727. The quantitative estimate of drug-likeness (QED) is 0.745. The number of nitrogens with zero attached hydrogens (tertiary/aromatic N) is 2. The smallest absolute Gasteiger partial charge is 0.374 e. The van der Waals surface area contributed by atoms with Crippen LogP contribution >= 0.6 is 0 Å². The molecule has 0 aliphatic carbocycles. The van der Waals surface area contributed by atoms with Crippen LogP contribution in [0.4, 0.5) is 0 Å². The first-order valence-corrected chi connectivity index (χ1v) is 10.2. The average molecular weight is 315 g/mol. The highest BCUT2D eigenvalue weighted by Crippen LogP contribution is 2.32. The molecule has 4 unspecified atom stereocenters. The first-order valence-electron chi connectivity index (χ1n) is 8.51. The van der Waals surface area contributed by atoms with Gasteiger partial charge in [-0.2, -0.15) is 0 Å². The topological polar surface area (TPSA) is 24.9 Å². The van der Waals surface area contributed by atoms with Crippen molar-refractivity contribution in [3.8, 4) is 0 Å². The van der Waals surface area contributed by atoms with Gasteiger partial charge in [-0.3, -0.25) is 9.13 Å². The fourth-order valence-electron chi connectivity index (χ4n) is 4.59. The van der Waals surface area contributed by atoms with Crippen molar-refractivity contribution in [1.82, 2.24) is 9.13 Å². The second kappa shape index (κ2) is 7.09. The molecule has 4 atom stereocenters. The summed E-state index contributed by atoms with van der Waals surface area (Å²) in [7, 11) is 1.26. The Morgan fingerprint density at radius 1 is 0.667 bits per heavy atom. The summed E-state index contributed by atoms with van der Waals surface area (Å²) in [5.41, 5.74) is 0. The first kappa shape index (κ1) is 17.4. The molecule has 0 N–H and O–H groups in total. The predicted octanol–water partition coefficient (Wildman–Crippen LogP) is 2.67. The third kappa shape index (κ3) is 3.70. The van der Waals surface area contributed by atoms with E-state index in [1.807, 2.05) is 14.2 Å². The zero-order valence-corrected chi connectivity index (χ0v) is 15.8. The number of rotatable bonds is 4. The highest BCUT2D eigenvalue weighted by Gasteiger charge is 2.53. The number of piperidine rings is 2. The molecule has 2 rings (SSSR count). The molecule has 0 spiro atoms. The van der Waals surface area contributed by atoms with E-state index in [1.165, 1.54) is 12.8 Å². The minimum Gasteiger partial charge on any atom is -0.374 e. The SMILES string of the molecule is CO[Si](OC)(N1CC(C)CC(C)C1)N1CC(C)CC(C)C1. The summed E-state index contributed by atoms with van der Waals surface area (Å²) in [6.45, 7) is 13.9. The van der Waals surface area contributed by atoms with Gasteiger partial charge in [0.2, 0.25) is 0 Å². The van der Waals surface area contributed by atoms with Crippen molar-refractivity contribution in [2.45, 2.75) is 40.5 Å². The molecule has 21 heavy (non-hydrogen) atoms. The highest BCUT2D eigenvalue weighted by atomic mass is 28.4. The molecule has 5 heteroatoms. The first-order chi connectivity index (χ1) is 9.91. The van der Waals surface area contributed by atoms with Crippen molar-refractivity contribution in [3.63, 3.8) is 0 Å². The van der Waals surface area contributed by atoms with Crippen LogP contribution in [-0.2, 0) is 8.85 Å². The van der Waals surface area contributed by atoms with Crippen molar-refractivity contribution in [2.75, 3.05) is 40.4 Å². The van der Waals surface area contributed by atoms with Crippen LogP contribution in [-0.4, -0.2) is 58.4 Å². The van der Waals surface area contributed by atoms with Crippen LogP contribution in [0.1, 0.15) is 40.5 Å². The van der Waals surface area contributed by atoms with Crippen LogP contribution in [0.15, 0.2) is 0 Å². The van der Waals surface area contributed by atoms with Crippen LogP contribution in [0.2, 0.25) is 0 Å². The normalized spacial score (nSPS) is 36.9. The van der Waals surface area contributed by atoms with E-state index in [-0.39, 0.29) is 0 Å². The summed E-state index contributed by atoms with van der Waals surface area (Å²) in [6.07, 6.45) is 2.64. The maximum Gasteiger partial charge on any atom is 0.522 e. The van der Waals surface area contributed by atoms with E-state index in [0.717, 1.165) is 49.9 Å². The van der Waals surface area contributed by atoms with Crippen molar-refractivity contribution in [1.29, 1.82) is 0 Å². The Bertz CT molecular complexity index is 290. The van der Waals surface area contributed by atoms with E-state index in [4.69, 9.17) is 8.85 Å².